The molecule has 3 aromatic heterocycles. The van der Waals surface area contributed by atoms with Crippen molar-refractivity contribution in [1.82, 2.24) is 14.5 Å². The fourth-order valence-corrected chi connectivity index (χ4v) is 6.16. The summed E-state index contributed by atoms with van der Waals surface area (Å²) in [4.78, 5) is 35.6. The second-order valence-electron chi connectivity index (χ2n) is 10.3. The molecule has 1 aliphatic heterocycles. The quantitative estimate of drug-likeness (QED) is 0.387. The van der Waals surface area contributed by atoms with Gasteiger partial charge in [-0.25, -0.2) is 9.78 Å². The first kappa shape index (κ1) is 24.4. The highest BCUT2D eigenvalue weighted by atomic mass is 16.5. The van der Waals surface area contributed by atoms with E-state index in [0.29, 0.717) is 35.5 Å². The molecule has 0 bridgehead atoms. The molecule has 0 radical (unpaired) electrons. The Morgan fingerprint density at radius 2 is 2.05 bits per heavy atom. The third-order valence-electron chi connectivity index (χ3n) is 8.10. The number of anilines is 1. The van der Waals surface area contributed by atoms with E-state index in [2.05, 4.69) is 4.98 Å². The molecular formula is C28H30N4O6. The number of aliphatic hydroxyl groups excluding tert-OH is 1. The zero-order valence-corrected chi connectivity index (χ0v) is 21.3. The number of fused-ring (bicyclic) bond motifs is 4. The van der Waals surface area contributed by atoms with E-state index in [-0.39, 0.29) is 12.1 Å². The lowest BCUT2D eigenvalue weighted by atomic mass is 9.85. The zero-order valence-electron chi connectivity index (χ0n) is 21.3. The SMILES string of the molecule is COC(=O)N1c2ccc3c(nc([C@@H](O)c4cc5ccoc5cn4)n3[C@@H]3CCCC(C(=O)O)C3)c2CC[C@@H]1C. The number of carboxylic acid groups (broad SMARTS) is 1. The molecule has 10 heteroatoms. The van der Waals surface area contributed by atoms with Crippen LogP contribution in [0.15, 0.2) is 41.1 Å². The van der Waals surface area contributed by atoms with E-state index in [0.717, 1.165) is 47.8 Å². The first-order valence-electron chi connectivity index (χ1n) is 13.0. The van der Waals surface area contributed by atoms with Crippen molar-refractivity contribution < 1.29 is 29.0 Å². The maximum Gasteiger partial charge on any atom is 0.414 e. The van der Waals surface area contributed by atoms with Gasteiger partial charge in [0.1, 0.15) is 5.82 Å². The van der Waals surface area contributed by atoms with E-state index >= 15 is 0 Å². The average Bonchev–Trinajstić information content (AvgIpc) is 3.56. The van der Waals surface area contributed by atoms with Gasteiger partial charge >= 0.3 is 12.1 Å². The Morgan fingerprint density at radius 3 is 2.84 bits per heavy atom. The van der Waals surface area contributed by atoms with Crippen LogP contribution in [-0.4, -0.2) is 50.0 Å². The van der Waals surface area contributed by atoms with Gasteiger partial charge in [-0.2, -0.15) is 0 Å². The largest absolute Gasteiger partial charge is 0.481 e. The molecule has 1 amide bonds. The van der Waals surface area contributed by atoms with Gasteiger partial charge in [-0.15, -0.1) is 0 Å². The molecule has 198 valence electrons. The second-order valence-corrected chi connectivity index (χ2v) is 10.3. The minimum Gasteiger partial charge on any atom is -0.481 e. The van der Waals surface area contributed by atoms with Crippen LogP contribution in [0.3, 0.4) is 0 Å². The predicted octanol–water partition coefficient (Wildman–Crippen LogP) is 4.98. The lowest BCUT2D eigenvalue weighted by Crippen LogP contribution is -2.42. The molecule has 1 unspecified atom stereocenters. The highest BCUT2D eigenvalue weighted by Gasteiger charge is 2.35. The first-order chi connectivity index (χ1) is 18.4. The van der Waals surface area contributed by atoms with Gasteiger partial charge in [0, 0.05) is 23.0 Å². The number of aryl methyl sites for hydroxylation is 1. The van der Waals surface area contributed by atoms with Gasteiger partial charge in [-0.1, -0.05) is 6.42 Å². The molecule has 0 spiro atoms. The summed E-state index contributed by atoms with van der Waals surface area (Å²) in [7, 11) is 1.37. The number of pyridine rings is 1. The lowest BCUT2D eigenvalue weighted by molar-refractivity contribution is -0.143. The number of nitrogens with zero attached hydrogens (tertiary/aromatic N) is 4. The number of aromatic nitrogens is 3. The summed E-state index contributed by atoms with van der Waals surface area (Å²) in [5.41, 5.74) is 4.24. The fraction of sp³-hybridized carbons (Fsp3) is 0.429. The third-order valence-corrected chi connectivity index (χ3v) is 8.10. The van der Waals surface area contributed by atoms with Crippen LogP contribution in [0.5, 0.6) is 0 Å². The van der Waals surface area contributed by atoms with Crippen molar-refractivity contribution in [3.8, 4) is 0 Å². The summed E-state index contributed by atoms with van der Waals surface area (Å²) in [5, 5.41) is 22.2. The molecule has 38 heavy (non-hydrogen) atoms. The fourth-order valence-electron chi connectivity index (χ4n) is 6.16. The van der Waals surface area contributed by atoms with Gasteiger partial charge in [0.05, 0.1) is 47.9 Å². The molecule has 1 aliphatic carbocycles. The molecule has 1 aromatic carbocycles. The first-order valence-corrected chi connectivity index (χ1v) is 13.0. The summed E-state index contributed by atoms with van der Waals surface area (Å²) < 4.78 is 12.5. The number of aliphatic hydroxyl groups is 1. The molecule has 10 nitrogen and oxygen atoms in total. The maximum absolute atomic E-state index is 12.6. The Balaban J connectivity index is 1.53. The number of hydrogen-bond acceptors (Lipinski definition) is 7. The molecule has 4 aromatic rings. The number of hydrogen-bond donors (Lipinski definition) is 2. The number of imidazole rings is 1. The van der Waals surface area contributed by atoms with Crippen LogP contribution < -0.4 is 4.90 Å². The maximum atomic E-state index is 12.6. The van der Waals surface area contributed by atoms with E-state index in [9.17, 15) is 19.8 Å². The van der Waals surface area contributed by atoms with E-state index < -0.39 is 24.1 Å². The van der Waals surface area contributed by atoms with Crippen LogP contribution in [-0.2, 0) is 16.0 Å². The molecule has 6 rings (SSSR count). The van der Waals surface area contributed by atoms with Crippen LogP contribution in [0.2, 0.25) is 0 Å². The lowest BCUT2D eigenvalue weighted by Gasteiger charge is -2.34. The van der Waals surface area contributed by atoms with Gasteiger partial charge in [0.15, 0.2) is 11.7 Å². The minimum atomic E-state index is -1.14. The summed E-state index contributed by atoms with van der Waals surface area (Å²) >= 11 is 0. The van der Waals surface area contributed by atoms with Crippen molar-refractivity contribution in [2.24, 2.45) is 5.92 Å². The van der Waals surface area contributed by atoms with E-state index in [4.69, 9.17) is 14.1 Å². The smallest absolute Gasteiger partial charge is 0.414 e. The summed E-state index contributed by atoms with van der Waals surface area (Å²) in [6.07, 6.45) is 5.71. The number of methoxy groups -OCH3 is 1. The second kappa shape index (κ2) is 9.43. The molecule has 0 saturated heterocycles. The Hall–Kier alpha value is -3.92. The number of furan rings is 1. The van der Waals surface area contributed by atoms with Gasteiger partial charge < -0.3 is 23.9 Å². The normalized spacial score (nSPS) is 22.4. The van der Waals surface area contributed by atoms with Crippen molar-refractivity contribution in [2.75, 3.05) is 12.0 Å². The highest BCUT2D eigenvalue weighted by molar-refractivity contribution is 5.95. The molecule has 4 atom stereocenters. The number of carbonyl (C=O) groups excluding carboxylic acids is 1. The number of carboxylic acids is 1. The van der Waals surface area contributed by atoms with Crippen LogP contribution in [0, 0.1) is 5.92 Å². The Morgan fingerprint density at radius 1 is 1.21 bits per heavy atom. The minimum absolute atomic E-state index is 0.0277. The zero-order chi connectivity index (χ0) is 26.6. The Kier molecular flexibility index (Phi) is 6.06. The topological polar surface area (TPSA) is 131 Å². The van der Waals surface area contributed by atoms with E-state index in [1.54, 1.807) is 23.4 Å². The van der Waals surface area contributed by atoms with Crippen molar-refractivity contribution in [1.29, 1.82) is 0 Å². The summed E-state index contributed by atoms with van der Waals surface area (Å²) in [6, 6.07) is 7.25. The molecule has 2 N–H and O–H groups in total. The van der Waals surface area contributed by atoms with Crippen molar-refractivity contribution >= 4 is 39.8 Å². The number of aliphatic carboxylic acids is 1. The van der Waals surface area contributed by atoms with Gasteiger partial charge in [-0.3, -0.25) is 14.7 Å². The molecule has 1 fully saturated rings. The van der Waals surface area contributed by atoms with Gasteiger partial charge in [0.25, 0.3) is 0 Å². The third kappa shape index (κ3) is 3.91. The van der Waals surface area contributed by atoms with Gasteiger partial charge in [-0.05, 0) is 63.3 Å². The molecule has 2 aliphatic rings. The van der Waals surface area contributed by atoms with E-state index in [1.807, 2.05) is 29.7 Å². The highest BCUT2D eigenvalue weighted by Crippen LogP contribution is 2.42. The molecular weight excluding hydrogens is 488 g/mol. The van der Waals surface area contributed by atoms with Crippen LogP contribution in [0.25, 0.3) is 22.0 Å². The number of amides is 1. The summed E-state index contributed by atoms with van der Waals surface area (Å²) in [6.45, 7) is 1.99. The number of ether oxygens (including phenoxy) is 1. The number of rotatable bonds is 4. The van der Waals surface area contributed by atoms with Crippen LogP contribution in [0.1, 0.15) is 68.3 Å². The summed E-state index contributed by atoms with van der Waals surface area (Å²) in [5.74, 6) is -0.832. The standard InChI is InChI=1S/C28H30N4O6/c1-15-6-7-19-21(31(15)28(36)37-2)8-9-22-24(19)30-26(32(22)18-5-3-4-17(12-18)27(34)35)25(33)20-13-16-10-11-38-23(16)14-29-20/h8-11,13-15,17-18,25,33H,3-7,12H2,1-2H3,(H,34,35)/t15-,17?,18+,25-/m0/s1. The molecule has 1 saturated carbocycles. The number of benzene rings is 1. The monoisotopic (exact) mass is 518 g/mol. The van der Waals surface area contributed by atoms with Crippen molar-refractivity contribution in [3.05, 3.63) is 53.8 Å². The van der Waals surface area contributed by atoms with Gasteiger partial charge in [0.2, 0.25) is 0 Å². The predicted molar refractivity (Wildman–Crippen MR) is 139 cm³/mol. The Labute approximate surface area is 218 Å². The van der Waals surface area contributed by atoms with Crippen molar-refractivity contribution in [2.45, 2.75) is 63.6 Å². The Bertz CT molecular complexity index is 1540. The van der Waals surface area contributed by atoms with Crippen LogP contribution >= 0.6 is 0 Å². The number of carbonyl (C=O) groups is 2. The van der Waals surface area contributed by atoms with Crippen LogP contribution in [0.4, 0.5) is 10.5 Å². The van der Waals surface area contributed by atoms with Crippen molar-refractivity contribution in [3.63, 3.8) is 0 Å². The average molecular weight is 519 g/mol. The van der Waals surface area contributed by atoms with E-state index in [1.165, 1.54) is 7.11 Å². The molecule has 4 heterocycles.